The monoisotopic (exact) mass is 327 g/mol. The Kier molecular flexibility index (Phi) is 4.10. The average Bonchev–Trinajstić information content (AvgIpc) is 3.09. The van der Waals surface area contributed by atoms with Gasteiger partial charge in [0, 0.05) is 12.8 Å². The second-order valence-corrected chi connectivity index (χ2v) is 6.70. The Hall–Kier alpha value is -2.87. The van der Waals surface area contributed by atoms with Crippen LogP contribution in [0, 0.1) is 6.92 Å². The molecule has 2 nitrogen and oxygen atoms in total. The lowest BCUT2D eigenvalue weighted by molar-refractivity contribution is -0.0230. The van der Waals surface area contributed by atoms with Crippen molar-refractivity contribution < 1.29 is 4.84 Å². The number of aryl methyl sites for hydroxylation is 1. The summed E-state index contributed by atoms with van der Waals surface area (Å²) < 4.78 is 0. The lowest BCUT2D eigenvalue weighted by Gasteiger charge is -2.27. The molecule has 0 bridgehead atoms. The van der Waals surface area contributed by atoms with Gasteiger partial charge in [-0.3, -0.25) is 0 Å². The largest absolute Gasteiger partial charge is 0.383 e. The number of rotatable bonds is 4. The zero-order valence-corrected chi connectivity index (χ0v) is 14.4. The van der Waals surface area contributed by atoms with Gasteiger partial charge >= 0.3 is 0 Å². The molecule has 0 radical (unpaired) electrons. The predicted octanol–water partition coefficient (Wildman–Crippen LogP) is 5.26. The van der Waals surface area contributed by atoms with Crippen molar-refractivity contribution in [3.63, 3.8) is 0 Å². The average molecular weight is 327 g/mol. The number of hydrogen-bond acceptors (Lipinski definition) is 2. The highest BCUT2D eigenvalue weighted by Crippen LogP contribution is 2.39. The van der Waals surface area contributed by atoms with Crippen LogP contribution in [0.1, 0.15) is 28.7 Å². The molecule has 2 heteroatoms. The first-order valence-corrected chi connectivity index (χ1v) is 8.67. The van der Waals surface area contributed by atoms with E-state index in [9.17, 15) is 0 Å². The third kappa shape index (κ3) is 3.20. The normalized spacial score (nSPS) is 19.3. The van der Waals surface area contributed by atoms with Gasteiger partial charge in [0.25, 0.3) is 0 Å². The van der Waals surface area contributed by atoms with Crippen LogP contribution in [0.3, 0.4) is 0 Å². The molecule has 124 valence electrons. The van der Waals surface area contributed by atoms with Crippen LogP contribution in [0.4, 0.5) is 0 Å². The van der Waals surface area contributed by atoms with Gasteiger partial charge in [-0.25, -0.2) is 0 Å². The van der Waals surface area contributed by atoms with Crippen LogP contribution in [0.25, 0.3) is 0 Å². The van der Waals surface area contributed by atoms with E-state index in [1.807, 2.05) is 12.1 Å². The summed E-state index contributed by atoms with van der Waals surface area (Å²) in [7, 11) is 0. The standard InChI is InChI=1S/C23H21NO/c1-18-9-8-12-20(15-18)22-17-23(25-24-22,21-13-6-3-7-14-21)16-19-10-4-2-5-11-19/h2-15H,16-17H2,1H3. The van der Waals surface area contributed by atoms with Crippen molar-refractivity contribution in [1.82, 2.24) is 0 Å². The fraction of sp³-hybridized carbons (Fsp3) is 0.174. The molecule has 0 amide bonds. The molecule has 0 aromatic heterocycles. The third-order valence-electron chi connectivity index (χ3n) is 4.77. The van der Waals surface area contributed by atoms with Gasteiger partial charge in [-0.05, 0) is 23.6 Å². The quantitative estimate of drug-likeness (QED) is 0.641. The van der Waals surface area contributed by atoms with Crippen molar-refractivity contribution >= 4 is 5.71 Å². The van der Waals surface area contributed by atoms with E-state index >= 15 is 0 Å². The molecule has 1 heterocycles. The summed E-state index contributed by atoms with van der Waals surface area (Å²) in [4.78, 5) is 6.13. The van der Waals surface area contributed by atoms with Crippen molar-refractivity contribution in [2.24, 2.45) is 5.16 Å². The zero-order chi connectivity index (χ0) is 17.1. The summed E-state index contributed by atoms with van der Waals surface area (Å²) >= 11 is 0. The molecular weight excluding hydrogens is 306 g/mol. The first-order valence-electron chi connectivity index (χ1n) is 8.67. The topological polar surface area (TPSA) is 21.6 Å². The van der Waals surface area contributed by atoms with Crippen molar-refractivity contribution in [2.75, 3.05) is 0 Å². The smallest absolute Gasteiger partial charge is 0.172 e. The van der Waals surface area contributed by atoms with Crippen LogP contribution in [-0.2, 0) is 16.9 Å². The van der Waals surface area contributed by atoms with E-state index in [2.05, 4.69) is 84.9 Å². The Morgan fingerprint density at radius 2 is 1.60 bits per heavy atom. The first-order chi connectivity index (χ1) is 12.3. The Morgan fingerprint density at radius 1 is 0.880 bits per heavy atom. The Morgan fingerprint density at radius 3 is 2.32 bits per heavy atom. The SMILES string of the molecule is Cc1cccc(C2=NOC(Cc3ccccc3)(c3ccccc3)C2)c1. The molecule has 3 aromatic rings. The van der Waals surface area contributed by atoms with E-state index in [0.717, 1.165) is 24.1 Å². The molecule has 3 aromatic carbocycles. The Balaban J connectivity index is 1.69. The summed E-state index contributed by atoms with van der Waals surface area (Å²) in [5, 5.41) is 4.49. The van der Waals surface area contributed by atoms with E-state index in [-0.39, 0.29) is 0 Å². The summed E-state index contributed by atoms with van der Waals surface area (Å²) in [6.07, 6.45) is 1.58. The van der Waals surface area contributed by atoms with Gasteiger partial charge in [-0.1, -0.05) is 95.6 Å². The summed E-state index contributed by atoms with van der Waals surface area (Å²) in [5.74, 6) is 0. The van der Waals surface area contributed by atoms with Crippen LogP contribution in [0.15, 0.2) is 90.1 Å². The number of benzene rings is 3. The molecule has 25 heavy (non-hydrogen) atoms. The molecule has 1 atom stereocenters. The summed E-state index contributed by atoms with van der Waals surface area (Å²) in [6.45, 7) is 2.11. The molecule has 1 unspecified atom stereocenters. The second-order valence-electron chi connectivity index (χ2n) is 6.70. The minimum absolute atomic E-state index is 0.443. The zero-order valence-electron chi connectivity index (χ0n) is 14.4. The highest BCUT2D eigenvalue weighted by atomic mass is 16.7. The maximum absolute atomic E-state index is 6.13. The van der Waals surface area contributed by atoms with Gasteiger partial charge in [0.15, 0.2) is 5.60 Å². The molecule has 1 aliphatic rings. The Labute approximate surface area is 148 Å². The van der Waals surface area contributed by atoms with Crippen molar-refractivity contribution in [1.29, 1.82) is 0 Å². The maximum Gasteiger partial charge on any atom is 0.172 e. The molecule has 0 saturated heterocycles. The van der Waals surface area contributed by atoms with E-state index in [0.29, 0.717) is 0 Å². The Bertz CT molecular complexity index is 886. The molecule has 0 aliphatic carbocycles. The predicted molar refractivity (Wildman–Crippen MR) is 102 cm³/mol. The van der Waals surface area contributed by atoms with E-state index in [4.69, 9.17) is 4.84 Å². The number of oxime groups is 1. The molecule has 0 fully saturated rings. The molecule has 1 aliphatic heterocycles. The van der Waals surface area contributed by atoms with E-state index < -0.39 is 5.60 Å². The van der Waals surface area contributed by atoms with Gasteiger partial charge in [-0.2, -0.15) is 0 Å². The molecule has 0 saturated carbocycles. The van der Waals surface area contributed by atoms with Gasteiger partial charge in [0.2, 0.25) is 0 Å². The van der Waals surface area contributed by atoms with E-state index in [1.54, 1.807) is 0 Å². The van der Waals surface area contributed by atoms with E-state index in [1.165, 1.54) is 16.7 Å². The van der Waals surface area contributed by atoms with Crippen molar-refractivity contribution in [3.8, 4) is 0 Å². The molecule has 4 rings (SSSR count). The summed E-state index contributed by atoms with van der Waals surface area (Å²) in [5.41, 5.74) is 5.38. The summed E-state index contributed by atoms with van der Waals surface area (Å²) in [6, 6.07) is 29.4. The molecule has 0 N–H and O–H groups in total. The number of nitrogens with zero attached hydrogens (tertiary/aromatic N) is 1. The highest BCUT2D eigenvalue weighted by Gasteiger charge is 2.41. The first kappa shape index (κ1) is 15.6. The minimum Gasteiger partial charge on any atom is -0.383 e. The third-order valence-corrected chi connectivity index (χ3v) is 4.77. The van der Waals surface area contributed by atoms with Crippen molar-refractivity contribution in [3.05, 3.63) is 107 Å². The van der Waals surface area contributed by atoms with Gasteiger partial charge in [0.1, 0.15) is 0 Å². The maximum atomic E-state index is 6.13. The van der Waals surface area contributed by atoms with Gasteiger partial charge < -0.3 is 4.84 Å². The molecular formula is C23H21NO. The lowest BCUT2D eigenvalue weighted by atomic mass is 9.82. The van der Waals surface area contributed by atoms with Crippen LogP contribution in [0.2, 0.25) is 0 Å². The van der Waals surface area contributed by atoms with Gasteiger partial charge in [0.05, 0.1) is 5.71 Å². The highest BCUT2D eigenvalue weighted by molar-refractivity contribution is 6.01. The van der Waals surface area contributed by atoms with Crippen molar-refractivity contribution in [2.45, 2.75) is 25.4 Å². The lowest BCUT2D eigenvalue weighted by Crippen LogP contribution is -2.29. The fourth-order valence-corrected chi connectivity index (χ4v) is 3.48. The van der Waals surface area contributed by atoms with Crippen LogP contribution >= 0.6 is 0 Å². The van der Waals surface area contributed by atoms with Gasteiger partial charge in [-0.15, -0.1) is 0 Å². The fourth-order valence-electron chi connectivity index (χ4n) is 3.48. The second kappa shape index (κ2) is 6.56. The van der Waals surface area contributed by atoms with Crippen LogP contribution in [-0.4, -0.2) is 5.71 Å². The number of hydrogen-bond donors (Lipinski definition) is 0. The van der Waals surface area contributed by atoms with Crippen LogP contribution in [0.5, 0.6) is 0 Å². The minimum atomic E-state index is -0.443. The van der Waals surface area contributed by atoms with Crippen LogP contribution < -0.4 is 0 Å². The molecule has 0 spiro atoms.